The molecule has 0 aliphatic rings. The van der Waals surface area contributed by atoms with E-state index in [0.29, 0.717) is 0 Å². The SMILES string of the molecule is OCC(CNCc1ccccc1)Cc1ccccn1. The van der Waals surface area contributed by atoms with Crippen LogP contribution < -0.4 is 5.32 Å². The number of pyridine rings is 1. The molecule has 1 heterocycles. The third-order valence-corrected chi connectivity index (χ3v) is 3.09. The van der Waals surface area contributed by atoms with Crippen LogP contribution in [0.4, 0.5) is 0 Å². The molecule has 2 N–H and O–H groups in total. The molecule has 0 radical (unpaired) electrons. The van der Waals surface area contributed by atoms with Gasteiger partial charge in [-0.3, -0.25) is 4.98 Å². The van der Waals surface area contributed by atoms with Gasteiger partial charge in [-0.15, -0.1) is 0 Å². The van der Waals surface area contributed by atoms with Crippen molar-refractivity contribution in [2.45, 2.75) is 13.0 Å². The monoisotopic (exact) mass is 256 g/mol. The Kier molecular flexibility index (Phi) is 5.53. The predicted molar refractivity (Wildman–Crippen MR) is 76.7 cm³/mol. The van der Waals surface area contributed by atoms with Gasteiger partial charge >= 0.3 is 0 Å². The molecule has 0 fully saturated rings. The first-order valence-electron chi connectivity index (χ1n) is 6.64. The Bertz CT molecular complexity index is 459. The number of aliphatic hydroxyl groups is 1. The number of benzene rings is 1. The summed E-state index contributed by atoms with van der Waals surface area (Å²) < 4.78 is 0. The first kappa shape index (κ1) is 13.7. The molecule has 3 heteroatoms. The second-order valence-electron chi connectivity index (χ2n) is 4.69. The lowest BCUT2D eigenvalue weighted by Gasteiger charge is -2.14. The van der Waals surface area contributed by atoms with E-state index < -0.39 is 0 Å². The summed E-state index contributed by atoms with van der Waals surface area (Å²) in [5.74, 6) is 0.207. The molecule has 2 aromatic rings. The molecule has 0 amide bonds. The Morgan fingerprint density at radius 2 is 1.84 bits per heavy atom. The van der Waals surface area contributed by atoms with E-state index in [9.17, 15) is 5.11 Å². The maximum Gasteiger partial charge on any atom is 0.0475 e. The third kappa shape index (κ3) is 4.81. The highest BCUT2D eigenvalue weighted by Crippen LogP contribution is 2.05. The molecule has 0 spiro atoms. The number of nitrogens with zero attached hydrogens (tertiary/aromatic N) is 1. The number of nitrogens with one attached hydrogen (secondary N) is 1. The largest absolute Gasteiger partial charge is 0.396 e. The molecular formula is C16H20N2O. The smallest absolute Gasteiger partial charge is 0.0475 e. The first-order chi connectivity index (χ1) is 9.38. The van der Waals surface area contributed by atoms with Crippen LogP contribution in [0.3, 0.4) is 0 Å². The fourth-order valence-corrected chi connectivity index (χ4v) is 2.03. The van der Waals surface area contributed by atoms with E-state index in [0.717, 1.165) is 25.2 Å². The quantitative estimate of drug-likeness (QED) is 0.796. The second-order valence-corrected chi connectivity index (χ2v) is 4.69. The summed E-state index contributed by atoms with van der Waals surface area (Å²) in [7, 11) is 0. The molecule has 1 unspecified atom stereocenters. The van der Waals surface area contributed by atoms with Crippen molar-refractivity contribution in [2.75, 3.05) is 13.2 Å². The predicted octanol–water partition coefficient (Wildman–Crippen LogP) is 2.02. The van der Waals surface area contributed by atoms with Crippen LogP contribution in [0.5, 0.6) is 0 Å². The highest BCUT2D eigenvalue weighted by atomic mass is 16.3. The molecule has 0 bridgehead atoms. The number of hydrogen-bond donors (Lipinski definition) is 2. The Labute approximate surface area is 114 Å². The van der Waals surface area contributed by atoms with Gasteiger partial charge in [0.25, 0.3) is 0 Å². The Morgan fingerprint density at radius 3 is 2.53 bits per heavy atom. The van der Waals surface area contributed by atoms with Crippen LogP contribution in [0, 0.1) is 5.92 Å². The van der Waals surface area contributed by atoms with Crippen LogP contribution in [-0.4, -0.2) is 23.2 Å². The molecule has 2 rings (SSSR count). The van der Waals surface area contributed by atoms with Crippen molar-refractivity contribution in [3.8, 4) is 0 Å². The van der Waals surface area contributed by atoms with E-state index in [1.54, 1.807) is 6.20 Å². The summed E-state index contributed by atoms with van der Waals surface area (Å²) in [5.41, 5.74) is 2.29. The van der Waals surface area contributed by atoms with Gasteiger partial charge in [-0.1, -0.05) is 36.4 Å². The molecule has 3 nitrogen and oxygen atoms in total. The molecular weight excluding hydrogens is 236 g/mol. The summed E-state index contributed by atoms with van der Waals surface area (Å²) in [6, 6.07) is 16.2. The highest BCUT2D eigenvalue weighted by Gasteiger charge is 2.08. The first-order valence-corrected chi connectivity index (χ1v) is 6.64. The van der Waals surface area contributed by atoms with Gasteiger partial charge in [0.1, 0.15) is 0 Å². The van der Waals surface area contributed by atoms with Gasteiger partial charge in [-0.2, -0.15) is 0 Å². The lowest BCUT2D eigenvalue weighted by Crippen LogP contribution is -2.26. The topological polar surface area (TPSA) is 45.1 Å². The minimum atomic E-state index is 0.179. The molecule has 0 aliphatic carbocycles. The van der Waals surface area contributed by atoms with Gasteiger partial charge in [0.15, 0.2) is 0 Å². The number of rotatable bonds is 7. The van der Waals surface area contributed by atoms with E-state index in [-0.39, 0.29) is 12.5 Å². The van der Waals surface area contributed by atoms with Crippen LogP contribution in [-0.2, 0) is 13.0 Å². The van der Waals surface area contributed by atoms with Gasteiger partial charge in [0.05, 0.1) is 0 Å². The van der Waals surface area contributed by atoms with Gasteiger partial charge < -0.3 is 10.4 Å². The Hall–Kier alpha value is -1.71. The van der Waals surface area contributed by atoms with E-state index in [1.165, 1.54) is 5.56 Å². The second kappa shape index (κ2) is 7.67. The number of hydrogen-bond acceptors (Lipinski definition) is 3. The van der Waals surface area contributed by atoms with E-state index >= 15 is 0 Å². The Morgan fingerprint density at radius 1 is 1.05 bits per heavy atom. The maximum atomic E-state index is 9.42. The minimum absolute atomic E-state index is 0.179. The average molecular weight is 256 g/mol. The van der Waals surface area contributed by atoms with E-state index in [4.69, 9.17) is 0 Å². The molecule has 0 aliphatic heterocycles. The zero-order valence-electron chi connectivity index (χ0n) is 11.0. The zero-order valence-corrected chi connectivity index (χ0v) is 11.0. The number of aromatic nitrogens is 1. The molecule has 19 heavy (non-hydrogen) atoms. The summed E-state index contributed by atoms with van der Waals surface area (Å²) in [6.45, 7) is 1.81. The van der Waals surface area contributed by atoms with Gasteiger partial charge in [0, 0.05) is 31.6 Å². The van der Waals surface area contributed by atoms with Gasteiger partial charge in [-0.25, -0.2) is 0 Å². The Balaban J connectivity index is 1.77. The maximum absolute atomic E-state index is 9.42. The highest BCUT2D eigenvalue weighted by molar-refractivity contribution is 5.14. The molecule has 0 saturated heterocycles. The van der Waals surface area contributed by atoms with Crippen molar-refractivity contribution >= 4 is 0 Å². The van der Waals surface area contributed by atoms with E-state index in [2.05, 4.69) is 22.4 Å². The van der Waals surface area contributed by atoms with Crippen molar-refractivity contribution in [1.82, 2.24) is 10.3 Å². The van der Waals surface area contributed by atoms with Crippen LogP contribution in [0.2, 0.25) is 0 Å². The lowest BCUT2D eigenvalue weighted by atomic mass is 10.0. The molecule has 100 valence electrons. The zero-order chi connectivity index (χ0) is 13.3. The number of aliphatic hydroxyl groups excluding tert-OH is 1. The molecule has 1 aromatic carbocycles. The molecule has 1 aromatic heterocycles. The van der Waals surface area contributed by atoms with Crippen molar-refractivity contribution in [1.29, 1.82) is 0 Å². The van der Waals surface area contributed by atoms with Crippen molar-refractivity contribution in [3.05, 3.63) is 66.0 Å². The van der Waals surface area contributed by atoms with Crippen LogP contribution >= 0.6 is 0 Å². The van der Waals surface area contributed by atoms with E-state index in [1.807, 2.05) is 36.4 Å². The van der Waals surface area contributed by atoms with Crippen molar-refractivity contribution in [2.24, 2.45) is 5.92 Å². The fraction of sp³-hybridized carbons (Fsp3) is 0.312. The van der Waals surface area contributed by atoms with Crippen LogP contribution in [0.1, 0.15) is 11.3 Å². The lowest BCUT2D eigenvalue weighted by molar-refractivity contribution is 0.220. The average Bonchev–Trinajstić information content (AvgIpc) is 2.48. The summed E-state index contributed by atoms with van der Waals surface area (Å²) >= 11 is 0. The summed E-state index contributed by atoms with van der Waals surface area (Å²) in [6.07, 6.45) is 2.60. The summed E-state index contributed by atoms with van der Waals surface area (Å²) in [4.78, 5) is 4.29. The standard InChI is InChI=1S/C16H20N2O/c19-13-15(10-16-8-4-5-9-18-16)12-17-11-14-6-2-1-3-7-14/h1-9,15,17,19H,10-13H2. The molecule has 0 saturated carbocycles. The van der Waals surface area contributed by atoms with Crippen LogP contribution in [0.25, 0.3) is 0 Å². The van der Waals surface area contributed by atoms with Gasteiger partial charge in [0.2, 0.25) is 0 Å². The van der Waals surface area contributed by atoms with Crippen molar-refractivity contribution in [3.63, 3.8) is 0 Å². The normalized spacial score (nSPS) is 12.3. The fourth-order valence-electron chi connectivity index (χ4n) is 2.03. The van der Waals surface area contributed by atoms with Gasteiger partial charge in [-0.05, 0) is 30.0 Å². The minimum Gasteiger partial charge on any atom is -0.396 e. The van der Waals surface area contributed by atoms with Crippen molar-refractivity contribution < 1.29 is 5.11 Å². The third-order valence-electron chi connectivity index (χ3n) is 3.09. The molecule has 1 atom stereocenters. The summed E-state index contributed by atoms with van der Waals surface area (Å²) in [5, 5.41) is 12.8. The van der Waals surface area contributed by atoms with Crippen LogP contribution in [0.15, 0.2) is 54.7 Å².